The average molecular weight is 318 g/mol. The number of nitrogens with one attached hydrogen (secondary N) is 1. The Hall–Kier alpha value is -2.74. The molecule has 0 aliphatic carbocycles. The molecule has 0 radical (unpaired) electrons. The lowest BCUT2D eigenvalue weighted by molar-refractivity contribution is -0.144. The van der Waals surface area contributed by atoms with Gasteiger partial charge in [0.05, 0.1) is 18.5 Å². The smallest absolute Gasteiger partial charge is 0.326 e. The molecule has 8 nitrogen and oxygen atoms in total. The van der Waals surface area contributed by atoms with Crippen molar-refractivity contribution in [2.24, 2.45) is 0 Å². The second kappa shape index (κ2) is 7.01. The average Bonchev–Trinajstić information content (AvgIpc) is 2.45. The van der Waals surface area contributed by atoms with Crippen molar-refractivity contribution in [3.63, 3.8) is 0 Å². The molecule has 0 fully saturated rings. The van der Waals surface area contributed by atoms with Gasteiger partial charge in [0, 0.05) is 5.39 Å². The fourth-order valence-electron chi connectivity index (χ4n) is 2.13. The van der Waals surface area contributed by atoms with E-state index >= 15 is 0 Å². The predicted molar refractivity (Wildman–Crippen MR) is 84.2 cm³/mol. The first-order chi connectivity index (χ1) is 10.9. The number of para-hydroxylation sites is 1. The molecule has 1 aromatic heterocycles. The number of aliphatic carboxylic acids is 2. The first-order valence-electron chi connectivity index (χ1n) is 6.98. The molecule has 0 saturated carbocycles. The molecule has 23 heavy (non-hydrogen) atoms. The second-order valence-corrected chi connectivity index (χ2v) is 5.38. The first-order valence-corrected chi connectivity index (χ1v) is 6.98. The second-order valence-electron chi connectivity index (χ2n) is 5.38. The number of benzene rings is 1. The molecule has 0 spiro atoms. The van der Waals surface area contributed by atoms with E-state index in [1.54, 1.807) is 18.2 Å². The summed E-state index contributed by atoms with van der Waals surface area (Å²) in [6.45, 7) is 0.482. The number of hydrogen-bond donors (Lipinski definition) is 3. The summed E-state index contributed by atoms with van der Waals surface area (Å²) in [7, 11) is 3.74. The van der Waals surface area contributed by atoms with Crippen LogP contribution < -0.4 is 5.32 Å². The van der Waals surface area contributed by atoms with Crippen LogP contribution >= 0.6 is 0 Å². The zero-order valence-corrected chi connectivity index (χ0v) is 12.9. The lowest BCUT2D eigenvalue weighted by atomic mass is 10.2. The number of carbonyl (C=O) groups is 2. The van der Waals surface area contributed by atoms with E-state index in [-0.39, 0.29) is 0 Å². The molecular weight excluding hydrogens is 300 g/mol. The van der Waals surface area contributed by atoms with E-state index < -0.39 is 24.4 Å². The lowest BCUT2D eigenvalue weighted by Gasteiger charge is -2.16. The van der Waals surface area contributed by atoms with Crippen molar-refractivity contribution in [1.82, 2.24) is 14.9 Å². The quantitative estimate of drug-likeness (QED) is 0.693. The summed E-state index contributed by atoms with van der Waals surface area (Å²) in [5.41, 5.74) is 0.668. The van der Waals surface area contributed by atoms with Crippen LogP contribution in [-0.2, 0) is 16.1 Å². The van der Waals surface area contributed by atoms with E-state index in [9.17, 15) is 14.7 Å². The van der Waals surface area contributed by atoms with Crippen LogP contribution in [0.1, 0.15) is 12.2 Å². The van der Waals surface area contributed by atoms with Crippen molar-refractivity contribution in [3.05, 3.63) is 30.1 Å². The molecule has 8 heteroatoms. The molecule has 2 rings (SSSR count). The molecule has 0 aliphatic rings. The highest BCUT2D eigenvalue weighted by molar-refractivity contribution is 5.91. The van der Waals surface area contributed by atoms with E-state index in [1.807, 2.05) is 25.1 Å². The molecular formula is C15H18N4O4. The van der Waals surface area contributed by atoms with Crippen molar-refractivity contribution in [2.45, 2.75) is 19.0 Å². The predicted octanol–water partition coefficient (Wildman–Crippen LogP) is 1.03. The number of anilines is 1. The molecule has 0 saturated heterocycles. The number of hydrogen-bond acceptors (Lipinski definition) is 6. The van der Waals surface area contributed by atoms with Gasteiger partial charge in [-0.25, -0.2) is 14.8 Å². The van der Waals surface area contributed by atoms with Crippen LogP contribution in [0.3, 0.4) is 0 Å². The lowest BCUT2D eigenvalue weighted by Crippen LogP contribution is -2.32. The van der Waals surface area contributed by atoms with Crippen LogP contribution in [0, 0.1) is 0 Å². The monoisotopic (exact) mass is 318 g/mol. The van der Waals surface area contributed by atoms with Crippen molar-refractivity contribution in [1.29, 1.82) is 0 Å². The number of nitrogens with zero attached hydrogens (tertiary/aromatic N) is 3. The zero-order valence-electron chi connectivity index (χ0n) is 12.9. The minimum absolute atomic E-state index is 0.320. The van der Waals surface area contributed by atoms with E-state index in [0.29, 0.717) is 29.1 Å². The van der Waals surface area contributed by atoms with E-state index in [1.165, 1.54) is 0 Å². The van der Waals surface area contributed by atoms with Crippen LogP contribution in [0.4, 0.5) is 5.82 Å². The fraction of sp³-hybridized carbons (Fsp3) is 0.333. The molecule has 0 amide bonds. The summed E-state index contributed by atoms with van der Waals surface area (Å²) in [6, 6.07) is 5.91. The van der Waals surface area contributed by atoms with Gasteiger partial charge in [0.1, 0.15) is 17.7 Å². The minimum Gasteiger partial charge on any atom is -0.481 e. The summed E-state index contributed by atoms with van der Waals surface area (Å²) < 4.78 is 0. The highest BCUT2D eigenvalue weighted by atomic mass is 16.4. The van der Waals surface area contributed by atoms with Crippen molar-refractivity contribution < 1.29 is 19.8 Å². The third-order valence-corrected chi connectivity index (χ3v) is 3.09. The molecule has 2 aromatic rings. The largest absolute Gasteiger partial charge is 0.481 e. The zero-order chi connectivity index (χ0) is 17.0. The van der Waals surface area contributed by atoms with Crippen LogP contribution in [0.15, 0.2) is 24.3 Å². The first kappa shape index (κ1) is 16.6. The number of rotatable bonds is 7. The van der Waals surface area contributed by atoms with Crippen LogP contribution in [0.25, 0.3) is 10.9 Å². The van der Waals surface area contributed by atoms with E-state index in [2.05, 4.69) is 15.3 Å². The Morgan fingerprint density at radius 1 is 1.22 bits per heavy atom. The molecule has 3 N–H and O–H groups in total. The Balaban J connectivity index is 2.44. The fourth-order valence-corrected chi connectivity index (χ4v) is 2.13. The maximum atomic E-state index is 11.3. The van der Waals surface area contributed by atoms with Gasteiger partial charge in [-0.05, 0) is 26.2 Å². The van der Waals surface area contributed by atoms with Crippen LogP contribution in [0.2, 0.25) is 0 Å². The summed E-state index contributed by atoms with van der Waals surface area (Å²) in [5.74, 6) is -1.60. The number of carboxylic acid groups (broad SMARTS) is 2. The van der Waals surface area contributed by atoms with Crippen molar-refractivity contribution >= 4 is 28.7 Å². The summed E-state index contributed by atoms with van der Waals surface area (Å²) >= 11 is 0. The molecule has 1 atom stereocenters. The SMILES string of the molecule is CN(C)Cc1nc(NC(CC(=O)O)C(=O)O)c2ccccc2n1. The molecule has 1 unspecified atom stereocenters. The van der Waals surface area contributed by atoms with Gasteiger partial charge >= 0.3 is 11.9 Å². The van der Waals surface area contributed by atoms with Gasteiger partial charge in [0.15, 0.2) is 0 Å². The highest BCUT2D eigenvalue weighted by Crippen LogP contribution is 2.21. The van der Waals surface area contributed by atoms with Gasteiger partial charge in [-0.3, -0.25) is 4.79 Å². The van der Waals surface area contributed by atoms with Crippen LogP contribution in [-0.4, -0.2) is 57.2 Å². The molecule has 1 heterocycles. The van der Waals surface area contributed by atoms with Crippen molar-refractivity contribution in [2.75, 3.05) is 19.4 Å². The standard InChI is InChI=1S/C15H18N4O4/c1-19(2)8-12-16-10-6-4-3-5-9(10)14(18-12)17-11(15(22)23)7-13(20)21/h3-6,11H,7-8H2,1-2H3,(H,20,21)(H,22,23)(H,16,17,18). The van der Waals surface area contributed by atoms with Gasteiger partial charge in [-0.15, -0.1) is 0 Å². The van der Waals surface area contributed by atoms with Gasteiger partial charge in [0.2, 0.25) is 0 Å². The molecule has 122 valence electrons. The molecule has 0 aliphatic heterocycles. The topological polar surface area (TPSA) is 116 Å². The Morgan fingerprint density at radius 2 is 1.91 bits per heavy atom. The van der Waals surface area contributed by atoms with Gasteiger partial charge in [-0.2, -0.15) is 0 Å². The van der Waals surface area contributed by atoms with E-state index in [4.69, 9.17) is 5.11 Å². The summed E-state index contributed by atoms with van der Waals surface area (Å²) in [4.78, 5) is 32.8. The van der Waals surface area contributed by atoms with E-state index in [0.717, 1.165) is 0 Å². The number of aromatic nitrogens is 2. The van der Waals surface area contributed by atoms with Gasteiger partial charge in [-0.1, -0.05) is 12.1 Å². The Bertz CT molecular complexity index is 732. The number of fused-ring (bicyclic) bond motifs is 1. The Labute approximate surface area is 132 Å². The molecule has 1 aromatic carbocycles. The van der Waals surface area contributed by atoms with Gasteiger partial charge < -0.3 is 20.4 Å². The maximum Gasteiger partial charge on any atom is 0.326 e. The Kier molecular flexibility index (Phi) is 5.07. The Morgan fingerprint density at radius 3 is 2.52 bits per heavy atom. The normalized spacial score (nSPS) is 12.3. The minimum atomic E-state index is -1.27. The summed E-state index contributed by atoms with van der Waals surface area (Å²) in [5, 5.41) is 21.4. The highest BCUT2D eigenvalue weighted by Gasteiger charge is 2.22. The van der Waals surface area contributed by atoms with Crippen molar-refractivity contribution in [3.8, 4) is 0 Å². The summed E-state index contributed by atoms with van der Waals surface area (Å²) in [6.07, 6.45) is -0.545. The van der Waals surface area contributed by atoms with Crippen LogP contribution in [0.5, 0.6) is 0 Å². The third kappa shape index (κ3) is 4.36. The molecule has 0 bridgehead atoms. The number of carboxylic acids is 2. The van der Waals surface area contributed by atoms with Gasteiger partial charge in [0.25, 0.3) is 0 Å². The third-order valence-electron chi connectivity index (χ3n) is 3.09. The maximum absolute atomic E-state index is 11.3.